The molecule has 0 aliphatic rings. The average Bonchev–Trinajstić information content (AvgIpc) is 2.49. The molecule has 0 bridgehead atoms. The van der Waals surface area contributed by atoms with Gasteiger partial charge in [0.15, 0.2) is 0 Å². The van der Waals surface area contributed by atoms with Gasteiger partial charge < -0.3 is 13.7 Å². The first-order chi connectivity index (χ1) is 10.7. The zero-order valence-electron chi connectivity index (χ0n) is 12.7. The predicted octanol–water partition coefficient (Wildman–Crippen LogP) is 3.98. The molecule has 0 unspecified atom stereocenters. The van der Waals surface area contributed by atoms with E-state index in [9.17, 15) is 0 Å². The molecule has 0 spiro atoms. The van der Waals surface area contributed by atoms with Crippen LogP contribution in [0, 0.1) is 0 Å². The number of hydrogen-bond acceptors (Lipinski definition) is 3. The van der Waals surface area contributed by atoms with Crippen LogP contribution in [0.2, 0.25) is 0 Å². The fourth-order valence-corrected chi connectivity index (χ4v) is 10.9. The number of nitrogens with zero attached hydrogens (tertiary/aromatic N) is 3. The molecule has 0 atom stereocenters. The Morgan fingerprint density at radius 2 is 0.591 bits per heavy atom. The molecule has 22 heavy (non-hydrogen) atoms. The van der Waals surface area contributed by atoms with Crippen molar-refractivity contribution in [1.82, 2.24) is 13.7 Å². The molecule has 10 heteroatoms. The molecule has 0 aliphatic heterocycles. The van der Waals surface area contributed by atoms with Crippen molar-refractivity contribution in [1.29, 1.82) is 0 Å². The van der Waals surface area contributed by atoms with Crippen molar-refractivity contribution >= 4 is 105 Å². The topological polar surface area (TPSA) is 9.72 Å². The Kier molecular flexibility index (Phi) is 19.7. The molecule has 0 aliphatic carbocycles. The van der Waals surface area contributed by atoms with E-state index in [4.69, 9.17) is 0 Å². The summed E-state index contributed by atoms with van der Waals surface area (Å²) in [4.78, 5) is 0. The molecular formula is C12H25Br6N3Si. The summed E-state index contributed by atoms with van der Waals surface area (Å²) in [6, 6.07) is 0. The van der Waals surface area contributed by atoms with E-state index in [0.29, 0.717) is 0 Å². The summed E-state index contributed by atoms with van der Waals surface area (Å²) in [5.41, 5.74) is 0. The van der Waals surface area contributed by atoms with Gasteiger partial charge in [0.25, 0.3) is 9.28 Å². The van der Waals surface area contributed by atoms with E-state index in [0.717, 1.165) is 71.2 Å². The maximum Gasteiger partial charge on any atom is 0.272 e. The Labute approximate surface area is 187 Å². The monoisotopic (exact) mass is 713 g/mol. The molecule has 0 rings (SSSR count). The molecule has 0 saturated carbocycles. The highest BCUT2D eigenvalue weighted by atomic mass is 79.9. The van der Waals surface area contributed by atoms with Crippen LogP contribution in [0.15, 0.2) is 0 Å². The van der Waals surface area contributed by atoms with E-state index < -0.39 is 9.28 Å². The molecule has 0 saturated heterocycles. The third-order valence-corrected chi connectivity index (χ3v) is 8.85. The first-order valence-electron chi connectivity index (χ1n) is 7.28. The van der Waals surface area contributed by atoms with Gasteiger partial charge in [-0.25, -0.2) is 0 Å². The van der Waals surface area contributed by atoms with Crippen molar-refractivity contribution in [3.05, 3.63) is 0 Å². The second-order valence-corrected chi connectivity index (χ2v) is 12.2. The van der Waals surface area contributed by atoms with Gasteiger partial charge in [0.1, 0.15) is 0 Å². The van der Waals surface area contributed by atoms with E-state index >= 15 is 0 Å². The van der Waals surface area contributed by atoms with Gasteiger partial charge in [-0.1, -0.05) is 95.6 Å². The van der Waals surface area contributed by atoms with Gasteiger partial charge in [0.05, 0.1) is 0 Å². The number of alkyl halides is 6. The fraction of sp³-hybridized carbons (Fsp3) is 1.00. The molecule has 0 N–H and O–H groups in total. The number of rotatable bonds is 15. The third kappa shape index (κ3) is 10.2. The van der Waals surface area contributed by atoms with E-state index in [1.54, 1.807) is 0 Å². The van der Waals surface area contributed by atoms with Crippen LogP contribution in [0.1, 0.15) is 0 Å². The number of hydrogen-bond donors (Lipinski definition) is 0. The molecule has 0 radical (unpaired) electrons. The van der Waals surface area contributed by atoms with E-state index in [1.807, 2.05) is 0 Å². The highest BCUT2D eigenvalue weighted by molar-refractivity contribution is 9.10. The van der Waals surface area contributed by atoms with Gasteiger partial charge in [-0.3, -0.25) is 0 Å². The molecule has 0 aromatic carbocycles. The van der Waals surface area contributed by atoms with Crippen LogP contribution >= 0.6 is 95.6 Å². The molecule has 0 heterocycles. The van der Waals surface area contributed by atoms with Crippen LogP contribution in [0.3, 0.4) is 0 Å². The second kappa shape index (κ2) is 17.4. The molecular weight excluding hydrogens is 694 g/mol. The lowest BCUT2D eigenvalue weighted by Gasteiger charge is -2.43. The van der Waals surface area contributed by atoms with Crippen LogP contribution in [-0.2, 0) is 0 Å². The average molecular weight is 719 g/mol. The standard InChI is InChI=1S/C12H25Br6N3Si/c13-1-7-19(8-2-14)22(20(9-3-15)10-4-16)21(11-5-17)12-6-18/h22H,1-12H2. The van der Waals surface area contributed by atoms with Crippen molar-refractivity contribution in [2.45, 2.75) is 0 Å². The van der Waals surface area contributed by atoms with Crippen LogP contribution < -0.4 is 0 Å². The Morgan fingerprint density at radius 3 is 0.727 bits per heavy atom. The maximum atomic E-state index is 3.63. The SMILES string of the molecule is BrCCN(CCBr)[SiH](N(CCBr)CCBr)N(CCBr)CCBr. The summed E-state index contributed by atoms with van der Waals surface area (Å²) in [7, 11) is -1.36. The Bertz CT molecular complexity index is 199. The predicted molar refractivity (Wildman–Crippen MR) is 125 cm³/mol. The molecule has 0 aromatic heterocycles. The highest BCUT2D eigenvalue weighted by Crippen LogP contribution is 2.12. The zero-order valence-corrected chi connectivity index (χ0v) is 23.3. The Morgan fingerprint density at radius 1 is 0.409 bits per heavy atom. The molecule has 3 nitrogen and oxygen atoms in total. The van der Waals surface area contributed by atoms with Crippen molar-refractivity contribution in [2.75, 3.05) is 71.2 Å². The van der Waals surface area contributed by atoms with Crippen molar-refractivity contribution in [3.8, 4) is 0 Å². The van der Waals surface area contributed by atoms with Crippen LogP contribution in [0.4, 0.5) is 0 Å². The fourth-order valence-electron chi connectivity index (χ4n) is 2.37. The zero-order chi connectivity index (χ0) is 16.8. The van der Waals surface area contributed by atoms with Crippen molar-refractivity contribution < 1.29 is 0 Å². The summed E-state index contributed by atoms with van der Waals surface area (Å²) in [6.07, 6.45) is 0. The van der Waals surface area contributed by atoms with Gasteiger partial charge in [-0.2, -0.15) is 0 Å². The van der Waals surface area contributed by atoms with E-state index in [1.165, 1.54) is 0 Å². The summed E-state index contributed by atoms with van der Waals surface area (Å²) in [5, 5.41) is 6.15. The van der Waals surface area contributed by atoms with Gasteiger partial charge in [-0.05, 0) is 0 Å². The minimum atomic E-state index is -1.36. The third-order valence-electron chi connectivity index (χ3n) is 3.21. The first kappa shape index (κ1) is 25.0. The van der Waals surface area contributed by atoms with Crippen LogP contribution in [-0.4, -0.2) is 94.2 Å². The normalized spacial score (nSPS) is 12.3. The largest absolute Gasteiger partial charge is 0.300 e. The number of halogens is 6. The second-order valence-electron chi connectivity index (χ2n) is 4.59. The van der Waals surface area contributed by atoms with Crippen molar-refractivity contribution in [3.63, 3.8) is 0 Å². The molecule has 0 amide bonds. The lowest BCUT2D eigenvalue weighted by Crippen LogP contribution is -2.65. The van der Waals surface area contributed by atoms with Gasteiger partial charge in [0.2, 0.25) is 0 Å². The first-order valence-corrected chi connectivity index (χ1v) is 15.6. The minimum Gasteiger partial charge on any atom is -0.300 e. The quantitative estimate of drug-likeness (QED) is 0.188. The summed E-state index contributed by atoms with van der Waals surface area (Å²) in [5.74, 6) is 0. The van der Waals surface area contributed by atoms with E-state index in [-0.39, 0.29) is 0 Å². The lowest BCUT2D eigenvalue weighted by molar-refractivity contribution is 0.302. The molecule has 0 aromatic rings. The Hall–Kier alpha value is 2.98. The molecule has 134 valence electrons. The van der Waals surface area contributed by atoms with Gasteiger partial charge in [0, 0.05) is 71.2 Å². The maximum absolute atomic E-state index is 3.63. The Balaban J connectivity index is 5.34. The minimum absolute atomic E-state index is 1.02. The van der Waals surface area contributed by atoms with Gasteiger partial charge in [-0.15, -0.1) is 0 Å². The summed E-state index contributed by atoms with van der Waals surface area (Å²) in [6.45, 7) is 6.61. The summed E-state index contributed by atoms with van der Waals surface area (Å²) >= 11 is 21.8. The smallest absolute Gasteiger partial charge is 0.272 e. The van der Waals surface area contributed by atoms with Crippen molar-refractivity contribution in [2.24, 2.45) is 0 Å². The van der Waals surface area contributed by atoms with E-state index in [2.05, 4.69) is 109 Å². The molecule has 0 fully saturated rings. The van der Waals surface area contributed by atoms with Crippen LogP contribution in [0.5, 0.6) is 0 Å². The van der Waals surface area contributed by atoms with Crippen LogP contribution in [0.25, 0.3) is 0 Å². The van der Waals surface area contributed by atoms with Gasteiger partial charge >= 0.3 is 0 Å². The summed E-state index contributed by atoms with van der Waals surface area (Å²) < 4.78 is 8.08. The lowest BCUT2D eigenvalue weighted by atomic mass is 10.6. The highest BCUT2D eigenvalue weighted by Gasteiger charge is 2.32.